The van der Waals surface area contributed by atoms with E-state index in [1.54, 1.807) is 0 Å². The molecule has 6 heteroatoms. The Kier molecular flexibility index (Phi) is 2.42. The van der Waals surface area contributed by atoms with Crippen LogP contribution in [-0.4, -0.2) is 4.98 Å². The fourth-order valence-corrected chi connectivity index (χ4v) is 1.60. The van der Waals surface area contributed by atoms with Crippen molar-refractivity contribution in [1.82, 2.24) is 4.98 Å². The average Bonchev–Trinajstić information content (AvgIpc) is 2.21. The minimum absolute atomic E-state index is 0.109. The number of nitrogens with two attached hydrogens (primary N) is 1. The maximum absolute atomic E-state index is 12.6. The first-order chi connectivity index (χ1) is 7.41. The molecule has 0 fully saturated rings. The number of rotatable bonds is 0. The van der Waals surface area contributed by atoms with Crippen molar-refractivity contribution in [3.63, 3.8) is 0 Å². The number of halogens is 4. The summed E-state index contributed by atoms with van der Waals surface area (Å²) < 4.78 is 37.9. The van der Waals surface area contributed by atoms with Gasteiger partial charge in [-0.25, -0.2) is 0 Å². The van der Waals surface area contributed by atoms with E-state index in [-0.39, 0.29) is 21.6 Å². The van der Waals surface area contributed by atoms with Gasteiger partial charge in [0.2, 0.25) is 0 Å². The third kappa shape index (κ3) is 1.67. The Balaban J connectivity index is 2.85. The van der Waals surface area contributed by atoms with Crippen LogP contribution in [0.2, 0.25) is 5.02 Å². The van der Waals surface area contributed by atoms with E-state index in [2.05, 4.69) is 4.98 Å². The lowest BCUT2D eigenvalue weighted by Gasteiger charge is -2.10. The Morgan fingerprint density at radius 1 is 1.25 bits per heavy atom. The number of nitrogen functional groups attached to an aromatic ring is 1. The fourth-order valence-electron chi connectivity index (χ4n) is 1.45. The quantitative estimate of drug-likeness (QED) is 0.773. The monoisotopic (exact) mass is 246 g/mol. The maximum atomic E-state index is 12.6. The van der Waals surface area contributed by atoms with Crippen molar-refractivity contribution in [2.75, 3.05) is 5.73 Å². The first-order valence-corrected chi connectivity index (χ1v) is 4.69. The van der Waals surface area contributed by atoms with E-state index in [9.17, 15) is 13.2 Å². The summed E-state index contributed by atoms with van der Waals surface area (Å²) in [5.74, 6) is 0. The molecule has 1 aromatic carbocycles. The van der Waals surface area contributed by atoms with Crippen molar-refractivity contribution >= 4 is 28.2 Å². The molecule has 0 radical (unpaired) electrons. The van der Waals surface area contributed by atoms with Crippen molar-refractivity contribution in [2.45, 2.75) is 6.18 Å². The molecule has 0 amide bonds. The third-order valence-electron chi connectivity index (χ3n) is 2.20. The number of para-hydroxylation sites is 1. The topological polar surface area (TPSA) is 38.9 Å². The van der Waals surface area contributed by atoms with Gasteiger partial charge in [0.05, 0.1) is 21.8 Å². The second-order valence-corrected chi connectivity index (χ2v) is 3.63. The van der Waals surface area contributed by atoms with Crippen molar-refractivity contribution in [3.8, 4) is 0 Å². The molecule has 0 unspecified atom stereocenters. The summed E-state index contributed by atoms with van der Waals surface area (Å²) in [5, 5.41) is 0.356. The van der Waals surface area contributed by atoms with E-state index in [1.165, 1.54) is 12.1 Å². The van der Waals surface area contributed by atoms with Crippen LogP contribution in [0.1, 0.15) is 5.56 Å². The predicted octanol–water partition coefficient (Wildman–Crippen LogP) is 3.49. The second-order valence-electron chi connectivity index (χ2n) is 3.22. The van der Waals surface area contributed by atoms with Gasteiger partial charge in [-0.1, -0.05) is 23.7 Å². The van der Waals surface area contributed by atoms with Crippen LogP contribution in [-0.2, 0) is 6.18 Å². The van der Waals surface area contributed by atoms with Gasteiger partial charge < -0.3 is 5.73 Å². The molecule has 16 heavy (non-hydrogen) atoms. The highest BCUT2D eigenvalue weighted by Gasteiger charge is 2.33. The van der Waals surface area contributed by atoms with Crippen molar-refractivity contribution < 1.29 is 13.2 Å². The second kappa shape index (κ2) is 3.52. The molecule has 2 aromatic rings. The molecule has 2 N–H and O–H groups in total. The number of benzene rings is 1. The van der Waals surface area contributed by atoms with Gasteiger partial charge in [-0.3, -0.25) is 4.98 Å². The highest BCUT2D eigenvalue weighted by molar-refractivity contribution is 6.34. The zero-order valence-electron chi connectivity index (χ0n) is 7.85. The van der Waals surface area contributed by atoms with Gasteiger partial charge in [0, 0.05) is 11.6 Å². The summed E-state index contributed by atoms with van der Waals surface area (Å²) in [4.78, 5) is 3.68. The van der Waals surface area contributed by atoms with E-state index in [0.717, 1.165) is 12.3 Å². The van der Waals surface area contributed by atoms with Crippen LogP contribution >= 0.6 is 11.6 Å². The Morgan fingerprint density at radius 3 is 2.56 bits per heavy atom. The fraction of sp³-hybridized carbons (Fsp3) is 0.100. The van der Waals surface area contributed by atoms with Crippen LogP contribution in [0.4, 0.5) is 18.9 Å². The zero-order valence-corrected chi connectivity index (χ0v) is 8.60. The zero-order chi connectivity index (χ0) is 11.9. The lowest BCUT2D eigenvalue weighted by atomic mass is 10.1. The number of hydrogen-bond donors (Lipinski definition) is 1. The Hall–Kier alpha value is -1.49. The molecule has 2 rings (SSSR count). The van der Waals surface area contributed by atoms with Crippen LogP contribution in [0.5, 0.6) is 0 Å². The van der Waals surface area contributed by atoms with Crippen molar-refractivity contribution in [2.24, 2.45) is 0 Å². The summed E-state index contributed by atoms with van der Waals surface area (Å²) >= 11 is 5.69. The Labute approximate surface area is 93.8 Å². The molecule has 0 aliphatic carbocycles. The summed E-state index contributed by atoms with van der Waals surface area (Å²) in [5.41, 5.74) is 4.71. The molecule has 84 valence electrons. The predicted molar refractivity (Wildman–Crippen MR) is 56.2 cm³/mol. The normalized spacial score (nSPS) is 12.0. The van der Waals surface area contributed by atoms with E-state index >= 15 is 0 Å². The van der Waals surface area contributed by atoms with Crippen LogP contribution in [0.3, 0.4) is 0 Å². The molecular formula is C10H6ClF3N2. The minimum atomic E-state index is -4.45. The number of aromatic nitrogens is 1. The van der Waals surface area contributed by atoms with Crippen molar-refractivity contribution in [1.29, 1.82) is 0 Å². The molecule has 0 saturated carbocycles. The first kappa shape index (κ1) is 11.0. The molecule has 0 spiro atoms. The van der Waals surface area contributed by atoms with Gasteiger partial charge in [0.15, 0.2) is 0 Å². The summed E-state index contributed by atoms with van der Waals surface area (Å²) in [7, 11) is 0. The smallest absolute Gasteiger partial charge is 0.397 e. The molecule has 1 heterocycles. The Morgan fingerprint density at radius 2 is 1.94 bits per heavy atom. The lowest BCUT2D eigenvalue weighted by Crippen LogP contribution is -2.07. The summed E-state index contributed by atoms with van der Waals surface area (Å²) in [6.45, 7) is 0. The summed E-state index contributed by atoms with van der Waals surface area (Å²) in [6.07, 6.45) is -3.33. The number of nitrogens with zero attached hydrogens (tertiary/aromatic N) is 1. The number of anilines is 1. The molecule has 0 bridgehead atoms. The maximum Gasteiger partial charge on any atom is 0.418 e. The Bertz CT molecular complexity index is 551. The number of alkyl halides is 3. The number of fused-ring (bicyclic) bond motifs is 1. The standard InChI is InChI=1S/C10H6ClF3N2/c11-7-4-16-9-5(8(7)15)2-1-3-6(9)10(12,13)14/h1-4H,(H2,15,16). The van der Waals surface area contributed by atoms with Gasteiger partial charge in [0.1, 0.15) is 0 Å². The van der Waals surface area contributed by atoms with Crippen molar-refractivity contribution in [3.05, 3.63) is 35.0 Å². The highest BCUT2D eigenvalue weighted by atomic mass is 35.5. The highest BCUT2D eigenvalue weighted by Crippen LogP contribution is 2.36. The minimum Gasteiger partial charge on any atom is -0.397 e. The number of hydrogen-bond acceptors (Lipinski definition) is 2. The van der Waals surface area contributed by atoms with Gasteiger partial charge >= 0.3 is 6.18 Å². The van der Waals surface area contributed by atoms with Gasteiger partial charge in [-0.05, 0) is 6.07 Å². The molecule has 0 aliphatic heterocycles. The molecule has 0 saturated heterocycles. The van der Waals surface area contributed by atoms with E-state index < -0.39 is 11.7 Å². The first-order valence-electron chi connectivity index (χ1n) is 4.31. The van der Waals surface area contributed by atoms with Crippen LogP contribution in [0.15, 0.2) is 24.4 Å². The molecule has 2 nitrogen and oxygen atoms in total. The average molecular weight is 247 g/mol. The SMILES string of the molecule is Nc1c(Cl)cnc2c(C(F)(F)F)cccc12. The van der Waals surface area contributed by atoms with E-state index in [0.29, 0.717) is 0 Å². The van der Waals surface area contributed by atoms with E-state index in [4.69, 9.17) is 17.3 Å². The van der Waals surface area contributed by atoms with Gasteiger partial charge in [-0.2, -0.15) is 13.2 Å². The molecule has 0 atom stereocenters. The number of pyridine rings is 1. The molecule has 0 aliphatic rings. The van der Waals surface area contributed by atoms with Crippen LogP contribution in [0, 0.1) is 0 Å². The molecule has 1 aromatic heterocycles. The van der Waals surface area contributed by atoms with Crippen LogP contribution < -0.4 is 5.73 Å². The lowest BCUT2D eigenvalue weighted by molar-refractivity contribution is -0.136. The van der Waals surface area contributed by atoms with E-state index in [1.807, 2.05) is 0 Å². The van der Waals surface area contributed by atoms with Gasteiger partial charge in [-0.15, -0.1) is 0 Å². The largest absolute Gasteiger partial charge is 0.418 e. The summed E-state index contributed by atoms with van der Waals surface area (Å²) in [6, 6.07) is 3.70. The van der Waals surface area contributed by atoms with Gasteiger partial charge in [0.25, 0.3) is 0 Å². The third-order valence-corrected chi connectivity index (χ3v) is 2.50. The molecular weight excluding hydrogens is 241 g/mol. The van der Waals surface area contributed by atoms with Crippen LogP contribution in [0.25, 0.3) is 10.9 Å².